The Morgan fingerprint density at radius 1 is 1.20 bits per heavy atom. The van der Waals surface area contributed by atoms with Gasteiger partial charge >= 0.3 is 18.9 Å². The van der Waals surface area contributed by atoms with Gasteiger partial charge in [-0.2, -0.15) is 12.0 Å². The van der Waals surface area contributed by atoms with Crippen LogP contribution in [0.1, 0.15) is 0 Å². The molecule has 0 aliphatic heterocycles. The number of hydrogen-bond acceptors (Lipinski definition) is 6. The molecule has 0 amide bonds. The minimum Gasteiger partial charge on any atom is -0.725 e. The molecular formula is CH3LiO6S2. The minimum atomic E-state index is -5.12. The van der Waals surface area contributed by atoms with E-state index >= 15 is 0 Å². The van der Waals surface area contributed by atoms with Crippen LogP contribution in [-0.2, 0) is 24.1 Å². The largest absolute Gasteiger partial charge is 1.00 e. The zero-order chi connectivity index (χ0) is 7.71. The van der Waals surface area contributed by atoms with Crippen molar-refractivity contribution < 1.29 is 43.9 Å². The predicted octanol–water partition coefficient (Wildman–Crippen LogP) is -4.57. The number of rotatable bonds is 2. The van der Waals surface area contributed by atoms with Gasteiger partial charge in [-0.1, -0.05) is 0 Å². The van der Waals surface area contributed by atoms with Gasteiger partial charge in [-0.25, -0.2) is 8.42 Å². The fourth-order valence-electron chi connectivity index (χ4n) is 0.151. The van der Waals surface area contributed by atoms with Crippen LogP contribution in [0.25, 0.3) is 0 Å². The van der Waals surface area contributed by atoms with E-state index in [2.05, 4.69) is 3.63 Å². The van der Waals surface area contributed by atoms with Crippen LogP contribution < -0.4 is 18.9 Å². The third kappa shape index (κ3) is 11.2. The van der Waals surface area contributed by atoms with Crippen molar-refractivity contribution in [2.75, 3.05) is 6.26 Å². The third-order valence-corrected chi connectivity index (χ3v) is 1.86. The first-order valence-corrected chi connectivity index (χ1v) is 4.72. The molecular weight excluding hydrogens is 179 g/mol. The van der Waals surface area contributed by atoms with Crippen molar-refractivity contribution >= 4 is 20.5 Å². The normalized spacial score (nSPS) is 12.2. The second-order valence-electron chi connectivity index (χ2n) is 1.18. The van der Waals surface area contributed by atoms with Crippen molar-refractivity contribution in [3.63, 3.8) is 0 Å². The standard InChI is InChI=1S/CH4O6S2.Li/c1-8(2,3)7-9(4,5)6;/h1H3,(H,4,5,6);/q;+1/p-1. The van der Waals surface area contributed by atoms with Gasteiger partial charge < -0.3 is 4.55 Å². The maximum absolute atomic E-state index is 9.85. The molecule has 0 aliphatic rings. The van der Waals surface area contributed by atoms with Gasteiger partial charge in [0.05, 0.1) is 6.26 Å². The van der Waals surface area contributed by atoms with Crippen LogP contribution in [0, 0.1) is 0 Å². The third-order valence-electron chi connectivity index (χ3n) is 0.207. The molecule has 6 nitrogen and oxygen atoms in total. The molecule has 9 heteroatoms. The predicted molar refractivity (Wildman–Crippen MR) is 25.6 cm³/mol. The van der Waals surface area contributed by atoms with Crippen LogP contribution in [0.15, 0.2) is 0 Å². The molecule has 0 aromatic rings. The number of hydrogen-bond donors (Lipinski definition) is 0. The molecule has 0 atom stereocenters. The maximum atomic E-state index is 9.85. The van der Waals surface area contributed by atoms with Crippen molar-refractivity contribution in [2.45, 2.75) is 0 Å². The Labute approximate surface area is 70.8 Å². The average Bonchev–Trinajstić information content (AvgIpc) is 1.14. The molecule has 0 rings (SSSR count). The summed E-state index contributed by atoms with van der Waals surface area (Å²) in [6.07, 6.45) is 0.461. The van der Waals surface area contributed by atoms with Gasteiger partial charge in [-0.15, -0.1) is 0 Å². The van der Waals surface area contributed by atoms with Gasteiger partial charge in [0.2, 0.25) is 10.4 Å². The van der Waals surface area contributed by atoms with E-state index in [9.17, 15) is 21.4 Å². The van der Waals surface area contributed by atoms with Gasteiger partial charge in [0.15, 0.2) is 0 Å². The summed E-state index contributed by atoms with van der Waals surface area (Å²) in [5.74, 6) is 0. The summed E-state index contributed by atoms with van der Waals surface area (Å²) in [4.78, 5) is 0. The summed E-state index contributed by atoms with van der Waals surface area (Å²) < 4.78 is 51.2. The van der Waals surface area contributed by atoms with E-state index < -0.39 is 20.5 Å². The summed E-state index contributed by atoms with van der Waals surface area (Å²) in [6, 6.07) is 0. The van der Waals surface area contributed by atoms with E-state index in [1.807, 2.05) is 0 Å². The maximum Gasteiger partial charge on any atom is 1.00 e. The Hall–Kier alpha value is 0.417. The Bertz CT molecular complexity index is 241. The molecule has 10 heavy (non-hydrogen) atoms. The Balaban J connectivity index is 0. The quantitative estimate of drug-likeness (QED) is 0.242. The zero-order valence-electron chi connectivity index (χ0n) is 5.27. The molecule has 0 radical (unpaired) electrons. The molecule has 0 bridgehead atoms. The summed E-state index contributed by atoms with van der Waals surface area (Å²) in [7, 11) is -9.30. The van der Waals surface area contributed by atoms with Crippen molar-refractivity contribution in [1.29, 1.82) is 0 Å². The van der Waals surface area contributed by atoms with Gasteiger partial charge in [0.1, 0.15) is 0 Å². The van der Waals surface area contributed by atoms with Crippen molar-refractivity contribution in [3.05, 3.63) is 0 Å². The Morgan fingerprint density at radius 2 is 1.50 bits per heavy atom. The summed E-state index contributed by atoms with van der Waals surface area (Å²) in [5.41, 5.74) is 0. The second kappa shape index (κ2) is 3.71. The Morgan fingerprint density at radius 3 is 1.50 bits per heavy atom. The van der Waals surface area contributed by atoms with Crippen LogP contribution in [0.4, 0.5) is 0 Å². The van der Waals surface area contributed by atoms with E-state index in [0.717, 1.165) is 0 Å². The van der Waals surface area contributed by atoms with E-state index in [1.54, 1.807) is 0 Å². The van der Waals surface area contributed by atoms with Crippen LogP contribution in [0.3, 0.4) is 0 Å². The fourth-order valence-corrected chi connectivity index (χ4v) is 1.36. The molecule has 0 saturated heterocycles. The molecule has 0 N–H and O–H groups in total. The first-order valence-electron chi connectivity index (χ1n) is 1.57. The van der Waals surface area contributed by atoms with Crippen LogP contribution in [0.2, 0.25) is 0 Å². The average molecular weight is 182 g/mol. The molecule has 0 fully saturated rings. The zero-order valence-corrected chi connectivity index (χ0v) is 6.90. The van der Waals surface area contributed by atoms with Crippen LogP contribution in [0.5, 0.6) is 0 Å². The first-order chi connectivity index (χ1) is 3.71. The van der Waals surface area contributed by atoms with Gasteiger partial charge in [-0.05, 0) is 0 Å². The molecule has 0 spiro atoms. The fraction of sp³-hybridized carbons (Fsp3) is 1.00. The molecule has 0 heterocycles. The summed E-state index contributed by atoms with van der Waals surface area (Å²) >= 11 is 0. The van der Waals surface area contributed by atoms with Crippen LogP contribution in [-0.4, -0.2) is 27.6 Å². The topological polar surface area (TPSA) is 101 Å². The molecule has 0 saturated carbocycles. The van der Waals surface area contributed by atoms with Crippen molar-refractivity contribution in [2.24, 2.45) is 0 Å². The first kappa shape index (κ1) is 13.0. The summed E-state index contributed by atoms with van der Waals surface area (Å²) in [5, 5.41) is 0. The molecule has 0 unspecified atom stereocenters. The van der Waals surface area contributed by atoms with E-state index in [-0.39, 0.29) is 18.9 Å². The monoisotopic (exact) mass is 182 g/mol. The SMILES string of the molecule is CS(=O)(=O)OS(=O)(=O)[O-].[Li+]. The molecule has 0 aliphatic carbocycles. The van der Waals surface area contributed by atoms with Gasteiger partial charge in [-0.3, -0.25) is 0 Å². The van der Waals surface area contributed by atoms with E-state index in [4.69, 9.17) is 0 Å². The molecule has 56 valence electrons. The summed E-state index contributed by atoms with van der Waals surface area (Å²) in [6.45, 7) is 0. The smallest absolute Gasteiger partial charge is 0.725 e. The minimum absolute atomic E-state index is 0. The van der Waals surface area contributed by atoms with Gasteiger partial charge in [0, 0.05) is 0 Å². The van der Waals surface area contributed by atoms with Crippen molar-refractivity contribution in [3.8, 4) is 0 Å². The van der Waals surface area contributed by atoms with E-state index in [0.29, 0.717) is 6.26 Å². The van der Waals surface area contributed by atoms with Gasteiger partial charge in [0.25, 0.3) is 10.1 Å². The van der Waals surface area contributed by atoms with E-state index in [1.165, 1.54) is 0 Å². The van der Waals surface area contributed by atoms with Crippen molar-refractivity contribution in [1.82, 2.24) is 0 Å². The Kier molecular flexibility index (Phi) is 4.83. The molecule has 0 aromatic heterocycles. The van der Waals surface area contributed by atoms with Crippen LogP contribution >= 0.6 is 0 Å². The second-order valence-corrected chi connectivity index (χ2v) is 3.95. The molecule has 0 aromatic carbocycles.